The Morgan fingerprint density at radius 1 is 1.39 bits per heavy atom. The van der Waals surface area contributed by atoms with Gasteiger partial charge in [-0.05, 0) is 6.92 Å². The van der Waals surface area contributed by atoms with Crippen molar-refractivity contribution < 1.29 is 29.6 Å². The highest BCUT2D eigenvalue weighted by atomic mass is 16.6. The van der Waals surface area contributed by atoms with E-state index in [2.05, 4.69) is 15.6 Å². The van der Waals surface area contributed by atoms with Crippen molar-refractivity contribution in [2.75, 3.05) is 11.9 Å². The minimum Gasteiger partial charge on any atom is -0.394 e. The van der Waals surface area contributed by atoms with Gasteiger partial charge in [0.1, 0.15) is 36.1 Å². The maximum atomic E-state index is 12.0. The van der Waals surface area contributed by atoms with Crippen molar-refractivity contribution in [1.29, 1.82) is 0 Å². The van der Waals surface area contributed by atoms with Crippen molar-refractivity contribution in [1.82, 2.24) is 14.9 Å². The Labute approximate surface area is 131 Å². The summed E-state index contributed by atoms with van der Waals surface area (Å²) in [6.45, 7) is 0.958. The van der Waals surface area contributed by atoms with Gasteiger partial charge in [-0.25, -0.2) is 4.98 Å². The van der Waals surface area contributed by atoms with Gasteiger partial charge in [0.15, 0.2) is 11.9 Å². The van der Waals surface area contributed by atoms with Crippen LogP contribution in [0, 0.1) is 0 Å². The SMILES string of the molecule is CC(=O)CC1NC(=O)c2ncn(C3OC(CO)C(O)C3O)c2N1. The van der Waals surface area contributed by atoms with Gasteiger partial charge in [0.05, 0.1) is 12.9 Å². The number of nitrogens with zero attached hydrogens (tertiary/aromatic N) is 2. The molecule has 10 nitrogen and oxygen atoms in total. The summed E-state index contributed by atoms with van der Waals surface area (Å²) in [4.78, 5) is 27.3. The number of hydrogen-bond donors (Lipinski definition) is 5. The number of rotatable bonds is 4. The number of anilines is 1. The summed E-state index contributed by atoms with van der Waals surface area (Å²) in [5, 5.41) is 34.7. The minimum atomic E-state index is -1.29. The number of aromatic nitrogens is 2. The highest BCUT2D eigenvalue weighted by Gasteiger charge is 2.45. The van der Waals surface area contributed by atoms with E-state index in [-0.39, 0.29) is 23.7 Å². The molecule has 5 N–H and O–H groups in total. The molecule has 2 aliphatic heterocycles. The molecule has 5 unspecified atom stereocenters. The van der Waals surface area contributed by atoms with Crippen LogP contribution >= 0.6 is 0 Å². The Morgan fingerprint density at radius 3 is 2.74 bits per heavy atom. The number of fused-ring (bicyclic) bond motifs is 1. The van der Waals surface area contributed by atoms with Crippen LogP contribution in [-0.4, -0.2) is 67.6 Å². The summed E-state index contributed by atoms with van der Waals surface area (Å²) >= 11 is 0. The molecule has 1 aromatic rings. The number of aliphatic hydroxyl groups is 3. The van der Waals surface area contributed by atoms with E-state index in [1.807, 2.05) is 0 Å². The van der Waals surface area contributed by atoms with E-state index >= 15 is 0 Å². The summed E-state index contributed by atoms with van der Waals surface area (Å²) in [7, 11) is 0. The third-order valence-electron chi connectivity index (χ3n) is 3.91. The van der Waals surface area contributed by atoms with Gasteiger partial charge in [0.25, 0.3) is 5.91 Å². The number of carbonyl (C=O) groups is 2. The van der Waals surface area contributed by atoms with Gasteiger partial charge in [0.2, 0.25) is 0 Å². The zero-order valence-electron chi connectivity index (χ0n) is 12.3. The first-order valence-electron chi connectivity index (χ1n) is 7.18. The Bertz CT molecular complexity index is 632. The molecule has 0 bridgehead atoms. The highest BCUT2D eigenvalue weighted by molar-refractivity contribution is 5.99. The number of ether oxygens (including phenoxy) is 1. The van der Waals surface area contributed by atoms with Gasteiger partial charge in [0, 0.05) is 6.42 Å². The molecule has 3 rings (SSSR count). The monoisotopic (exact) mass is 326 g/mol. The maximum Gasteiger partial charge on any atom is 0.275 e. The number of carbonyl (C=O) groups excluding carboxylic acids is 2. The topological polar surface area (TPSA) is 146 Å². The fourth-order valence-corrected chi connectivity index (χ4v) is 2.79. The molecule has 10 heteroatoms. The average molecular weight is 326 g/mol. The lowest BCUT2D eigenvalue weighted by Gasteiger charge is -2.27. The molecule has 5 atom stereocenters. The smallest absolute Gasteiger partial charge is 0.275 e. The molecule has 1 saturated heterocycles. The zero-order valence-corrected chi connectivity index (χ0v) is 12.3. The molecule has 0 aliphatic carbocycles. The van der Waals surface area contributed by atoms with E-state index in [9.17, 15) is 19.8 Å². The number of imidazole rings is 1. The standard InChI is InChI=1S/C13H18N4O6/c1-5(19)2-7-15-11-8(12(22)16-7)14-4-17(11)13-10(21)9(20)6(3-18)23-13/h4,6-7,9-10,13,15,18,20-21H,2-3H2,1H3,(H,16,22). The van der Waals surface area contributed by atoms with Crippen LogP contribution in [0.25, 0.3) is 0 Å². The molecular weight excluding hydrogens is 308 g/mol. The van der Waals surface area contributed by atoms with Gasteiger partial charge in [-0.15, -0.1) is 0 Å². The van der Waals surface area contributed by atoms with Crippen LogP contribution in [0.2, 0.25) is 0 Å². The Hall–Kier alpha value is -2.01. The summed E-state index contributed by atoms with van der Waals surface area (Å²) in [6, 6.07) is 0. The van der Waals surface area contributed by atoms with Gasteiger partial charge in [-0.3, -0.25) is 14.2 Å². The van der Waals surface area contributed by atoms with Gasteiger partial charge < -0.3 is 30.7 Å². The first-order chi connectivity index (χ1) is 10.9. The summed E-state index contributed by atoms with van der Waals surface area (Å²) < 4.78 is 6.81. The van der Waals surface area contributed by atoms with Crippen LogP contribution in [0.4, 0.5) is 5.82 Å². The molecule has 0 saturated carbocycles. The first-order valence-corrected chi connectivity index (χ1v) is 7.18. The first kappa shape index (κ1) is 15.9. The second-order valence-electron chi connectivity index (χ2n) is 5.65. The van der Waals surface area contributed by atoms with E-state index in [0.717, 1.165) is 0 Å². The van der Waals surface area contributed by atoms with Crippen LogP contribution in [0.5, 0.6) is 0 Å². The molecule has 1 amide bonds. The largest absolute Gasteiger partial charge is 0.394 e. The molecule has 23 heavy (non-hydrogen) atoms. The molecular formula is C13H18N4O6. The molecule has 126 valence electrons. The lowest BCUT2D eigenvalue weighted by molar-refractivity contribution is -0.117. The summed E-state index contributed by atoms with van der Waals surface area (Å²) in [6.07, 6.45) is -3.69. The third-order valence-corrected chi connectivity index (χ3v) is 3.91. The van der Waals surface area contributed by atoms with Gasteiger partial charge in [-0.2, -0.15) is 0 Å². The molecule has 1 fully saturated rings. The summed E-state index contributed by atoms with van der Waals surface area (Å²) in [5.41, 5.74) is 0.0996. The predicted octanol–water partition coefficient (Wildman–Crippen LogP) is -2.04. The van der Waals surface area contributed by atoms with Crippen molar-refractivity contribution >= 4 is 17.5 Å². The lowest BCUT2D eigenvalue weighted by atomic mass is 10.1. The van der Waals surface area contributed by atoms with Crippen molar-refractivity contribution in [2.24, 2.45) is 0 Å². The number of amides is 1. The lowest BCUT2D eigenvalue weighted by Crippen LogP contribution is -2.46. The average Bonchev–Trinajstić information content (AvgIpc) is 3.01. The second kappa shape index (κ2) is 5.89. The van der Waals surface area contributed by atoms with Crippen molar-refractivity contribution in [3.8, 4) is 0 Å². The van der Waals surface area contributed by atoms with Gasteiger partial charge >= 0.3 is 0 Å². The fourth-order valence-electron chi connectivity index (χ4n) is 2.79. The molecule has 1 aromatic heterocycles. The van der Waals surface area contributed by atoms with Crippen molar-refractivity contribution in [3.05, 3.63) is 12.0 Å². The Morgan fingerprint density at radius 2 is 2.13 bits per heavy atom. The third kappa shape index (κ3) is 2.70. The zero-order chi connectivity index (χ0) is 16.7. The Kier molecular flexibility index (Phi) is 4.06. The molecule has 3 heterocycles. The quantitative estimate of drug-likeness (QED) is 0.425. The van der Waals surface area contributed by atoms with Crippen LogP contribution in [-0.2, 0) is 9.53 Å². The van der Waals surface area contributed by atoms with Crippen LogP contribution in [0.3, 0.4) is 0 Å². The normalized spacial score (nSPS) is 33.0. The molecule has 0 spiro atoms. The molecule has 2 aliphatic rings. The molecule has 0 aromatic carbocycles. The van der Waals surface area contributed by atoms with E-state index in [4.69, 9.17) is 9.84 Å². The van der Waals surface area contributed by atoms with E-state index in [1.165, 1.54) is 17.8 Å². The Balaban J connectivity index is 1.89. The minimum absolute atomic E-state index is 0.0896. The predicted molar refractivity (Wildman–Crippen MR) is 75.4 cm³/mol. The number of Topliss-reactive ketones (excluding diaryl/α,β-unsaturated/α-hetero) is 1. The van der Waals surface area contributed by atoms with Crippen molar-refractivity contribution in [3.63, 3.8) is 0 Å². The molecule has 0 radical (unpaired) electrons. The van der Waals surface area contributed by atoms with E-state index in [1.54, 1.807) is 0 Å². The second-order valence-corrected chi connectivity index (χ2v) is 5.65. The van der Waals surface area contributed by atoms with E-state index < -0.39 is 43.2 Å². The highest BCUT2D eigenvalue weighted by Crippen LogP contribution is 2.33. The summed E-state index contributed by atoms with van der Waals surface area (Å²) in [5.74, 6) is -0.268. The fraction of sp³-hybridized carbons (Fsp3) is 0.615. The van der Waals surface area contributed by atoms with Crippen LogP contribution < -0.4 is 10.6 Å². The number of hydrogen-bond acceptors (Lipinski definition) is 8. The maximum absolute atomic E-state index is 12.0. The number of ketones is 1. The van der Waals surface area contributed by atoms with Crippen LogP contribution in [0.15, 0.2) is 6.33 Å². The van der Waals surface area contributed by atoms with E-state index in [0.29, 0.717) is 0 Å². The van der Waals surface area contributed by atoms with Crippen LogP contribution in [0.1, 0.15) is 30.1 Å². The van der Waals surface area contributed by atoms with Crippen molar-refractivity contribution in [2.45, 2.75) is 44.1 Å². The van der Waals surface area contributed by atoms with Gasteiger partial charge in [-0.1, -0.05) is 0 Å². The number of nitrogens with one attached hydrogen (secondary N) is 2. The number of aliphatic hydroxyl groups excluding tert-OH is 3.